The van der Waals surface area contributed by atoms with Crippen LogP contribution in [0.25, 0.3) is 21.9 Å². The number of nitrogens with zero attached hydrogens (tertiary/aromatic N) is 2. The van der Waals surface area contributed by atoms with E-state index < -0.39 is 11.8 Å². The van der Waals surface area contributed by atoms with Crippen molar-refractivity contribution < 1.29 is 28.1 Å². The predicted molar refractivity (Wildman–Crippen MR) is 182 cm³/mol. The van der Waals surface area contributed by atoms with Crippen molar-refractivity contribution in [3.05, 3.63) is 131 Å². The number of aryl methyl sites for hydroxylation is 1. The zero-order chi connectivity index (χ0) is 32.4. The monoisotopic (exact) mass is 630 g/mol. The van der Waals surface area contributed by atoms with Crippen LogP contribution in [-0.2, 0) is 15.9 Å². The summed E-state index contributed by atoms with van der Waals surface area (Å²) in [5.74, 6) is -0.827. The Bertz CT molecular complexity index is 1900. The second-order valence-corrected chi connectivity index (χ2v) is 11.2. The maximum atomic E-state index is 15.2. The molecule has 0 aliphatic carbocycles. The molecular formula is C39H35FN2O5. The van der Waals surface area contributed by atoms with E-state index >= 15 is 4.39 Å². The summed E-state index contributed by atoms with van der Waals surface area (Å²) in [7, 11) is 0. The number of halogens is 1. The van der Waals surface area contributed by atoms with E-state index in [-0.39, 0.29) is 17.6 Å². The lowest BCUT2D eigenvalue weighted by Gasteiger charge is -2.11. The van der Waals surface area contributed by atoms with Gasteiger partial charge in [-0.05, 0) is 93.5 Å². The Kier molecular flexibility index (Phi) is 10.4. The van der Waals surface area contributed by atoms with Crippen LogP contribution < -0.4 is 9.47 Å². The highest BCUT2D eigenvalue weighted by Crippen LogP contribution is 2.28. The zero-order valence-corrected chi connectivity index (χ0v) is 26.1. The van der Waals surface area contributed by atoms with E-state index in [0.717, 1.165) is 46.9 Å². The smallest absolute Gasteiger partial charge is 0.343 e. The molecule has 238 valence electrons. The lowest BCUT2D eigenvalue weighted by atomic mass is 9.97. The average molecular weight is 631 g/mol. The molecule has 1 aliphatic rings. The van der Waals surface area contributed by atoms with Crippen LogP contribution in [0.4, 0.5) is 4.39 Å². The maximum Gasteiger partial charge on any atom is 0.343 e. The summed E-state index contributed by atoms with van der Waals surface area (Å²) in [6.45, 7) is 3.81. The van der Waals surface area contributed by atoms with Crippen molar-refractivity contribution in [3.8, 4) is 22.6 Å². The van der Waals surface area contributed by atoms with Gasteiger partial charge in [0.15, 0.2) is 17.9 Å². The summed E-state index contributed by atoms with van der Waals surface area (Å²) in [6.07, 6.45) is 5.96. The van der Waals surface area contributed by atoms with Gasteiger partial charge in [-0.2, -0.15) is 10.2 Å². The Morgan fingerprint density at radius 2 is 1.64 bits per heavy atom. The first-order chi connectivity index (χ1) is 23.1. The molecule has 47 heavy (non-hydrogen) atoms. The van der Waals surface area contributed by atoms with Gasteiger partial charge < -0.3 is 18.9 Å². The van der Waals surface area contributed by atoms with Gasteiger partial charge in [-0.3, -0.25) is 0 Å². The van der Waals surface area contributed by atoms with Crippen LogP contribution in [0.15, 0.2) is 113 Å². The fraction of sp³-hybridized carbons (Fsp3) is 0.205. The van der Waals surface area contributed by atoms with E-state index in [1.807, 2.05) is 36.4 Å². The van der Waals surface area contributed by atoms with Gasteiger partial charge in [-0.15, -0.1) is 0 Å². The normalized spacial score (nSPS) is 14.2. The number of rotatable bonds is 14. The second kappa shape index (κ2) is 15.4. The molecule has 5 aromatic rings. The number of epoxide rings is 1. The van der Waals surface area contributed by atoms with Crippen LogP contribution in [0.5, 0.6) is 11.5 Å². The first-order valence-electron chi connectivity index (χ1n) is 15.7. The average Bonchev–Trinajstić information content (AvgIpc) is 3.93. The number of carbonyl (C=O) groups excluding carboxylic acids is 1. The third kappa shape index (κ3) is 8.76. The predicted octanol–water partition coefficient (Wildman–Crippen LogP) is 8.41. The van der Waals surface area contributed by atoms with Crippen LogP contribution in [0.2, 0.25) is 0 Å². The summed E-state index contributed by atoms with van der Waals surface area (Å²) in [5.41, 5.74) is 4.74. The van der Waals surface area contributed by atoms with E-state index in [1.165, 1.54) is 17.5 Å². The van der Waals surface area contributed by atoms with Crippen molar-refractivity contribution >= 4 is 29.2 Å². The molecule has 0 aromatic heterocycles. The zero-order valence-electron chi connectivity index (χ0n) is 26.1. The standard InChI is InChI=1S/C39H35FN2O5/c1-2-6-28-11-12-32(22-34(28)25-42-41-24-27-9-10-29-7-3-4-8-31(29)21-27)33-15-18-37(36(40)23-33)47-39(43)30-13-16-35(17-14-30)44-19-5-20-45-38-26-46-38/h3-4,7-18,21-25,38H,2,5-6,19-20,26H2,1H3/b41-24+,42-25+. The number of hydrogen-bond donors (Lipinski definition) is 0. The maximum absolute atomic E-state index is 15.2. The van der Waals surface area contributed by atoms with Crippen molar-refractivity contribution in [1.82, 2.24) is 0 Å². The van der Waals surface area contributed by atoms with Crippen LogP contribution in [0, 0.1) is 5.82 Å². The summed E-state index contributed by atoms with van der Waals surface area (Å²) in [4.78, 5) is 12.7. The number of ether oxygens (including phenoxy) is 4. The molecule has 0 N–H and O–H groups in total. The molecule has 0 spiro atoms. The molecular weight excluding hydrogens is 595 g/mol. The van der Waals surface area contributed by atoms with Crippen LogP contribution in [0.3, 0.4) is 0 Å². The molecule has 6 rings (SSSR count). The largest absolute Gasteiger partial charge is 0.494 e. The molecule has 1 heterocycles. The number of fused-ring (bicyclic) bond motifs is 1. The van der Waals surface area contributed by atoms with Crippen molar-refractivity contribution in [3.63, 3.8) is 0 Å². The highest BCUT2D eigenvalue weighted by molar-refractivity contribution is 5.92. The lowest BCUT2D eigenvalue weighted by molar-refractivity contribution is 0.0435. The SMILES string of the molecule is CCCc1ccc(-c2ccc(OC(=O)c3ccc(OCCCOC4CO4)cc3)c(F)c2)cc1/C=N/N=C/c1ccc2ccccc2c1. The third-order valence-electron chi connectivity index (χ3n) is 7.63. The summed E-state index contributed by atoms with van der Waals surface area (Å²) >= 11 is 0. The Hall–Kier alpha value is -5.18. The molecule has 0 bridgehead atoms. The minimum atomic E-state index is -0.660. The van der Waals surface area contributed by atoms with Gasteiger partial charge in [0.2, 0.25) is 0 Å². The van der Waals surface area contributed by atoms with Crippen LogP contribution >= 0.6 is 0 Å². The minimum absolute atomic E-state index is 0.0650. The van der Waals surface area contributed by atoms with Gasteiger partial charge in [-0.25, -0.2) is 9.18 Å². The molecule has 0 radical (unpaired) electrons. The second-order valence-electron chi connectivity index (χ2n) is 11.2. The van der Waals surface area contributed by atoms with Gasteiger partial charge in [0.25, 0.3) is 0 Å². The van der Waals surface area contributed by atoms with Crippen molar-refractivity contribution in [2.24, 2.45) is 10.2 Å². The fourth-order valence-corrected chi connectivity index (χ4v) is 5.08. The quantitative estimate of drug-likeness (QED) is 0.0307. The van der Waals surface area contributed by atoms with E-state index in [2.05, 4.69) is 41.4 Å². The molecule has 7 nitrogen and oxygen atoms in total. The van der Waals surface area contributed by atoms with Crippen LogP contribution in [0.1, 0.15) is 46.8 Å². The fourth-order valence-electron chi connectivity index (χ4n) is 5.08. The summed E-state index contributed by atoms with van der Waals surface area (Å²) in [5, 5.41) is 10.9. The number of esters is 1. The molecule has 0 amide bonds. The summed E-state index contributed by atoms with van der Waals surface area (Å²) in [6, 6.07) is 31.4. The lowest BCUT2D eigenvalue weighted by Crippen LogP contribution is -2.09. The van der Waals surface area contributed by atoms with Gasteiger partial charge in [0, 0.05) is 6.42 Å². The number of hydrogen-bond acceptors (Lipinski definition) is 7. The van der Waals surface area contributed by atoms with E-state index in [0.29, 0.717) is 31.1 Å². The van der Waals surface area contributed by atoms with Gasteiger partial charge in [0.1, 0.15) is 12.4 Å². The Morgan fingerprint density at radius 3 is 2.43 bits per heavy atom. The topological polar surface area (TPSA) is 82.0 Å². The van der Waals surface area contributed by atoms with Gasteiger partial charge >= 0.3 is 5.97 Å². The molecule has 1 fully saturated rings. The minimum Gasteiger partial charge on any atom is -0.494 e. The summed E-state index contributed by atoms with van der Waals surface area (Å²) < 4.78 is 36.6. The van der Waals surface area contributed by atoms with E-state index in [9.17, 15) is 4.79 Å². The molecule has 5 aromatic carbocycles. The van der Waals surface area contributed by atoms with Gasteiger partial charge in [-0.1, -0.05) is 67.9 Å². The van der Waals surface area contributed by atoms with E-state index in [1.54, 1.807) is 42.8 Å². The Labute approximate surface area is 273 Å². The molecule has 8 heteroatoms. The van der Waals surface area contributed by atoms with E-state index in [4.69, 9.17) is 18.9 Å². The Balaban J connectivity index is 1.09. The van der Waals surface area contributed by atoms with Crippen molar-refractivity contribution in [2.45, 2.75) is 32.5 Å². The van der Waals surface area contributed by atoms with Crippen LogP contribution in [-0.4, -0.2) is 44.5 Å². The molecule has 1 saturated heterocycles. The Morgan fingerprint density at radius 1 is 0.872 bits per heavy atom. The first-order valence-corrected chi connectivity index (χ1v) is 15.7. The molecule has 1 unspecified atom stereocenters. The first kappa shape index (κ1) is 31.8. The molecule has 1 aliphatic heterocycles. The van der Waals surface area contributed by atoms with Crippen molar-refractivity contribution in [1.29, 1.82) is 0 Å². The highest BCUT2D eigenvalue weighted by Gasteiger charge is 2.22. The van der Waals surface area contributed by atoms with Gasteiger partial charge in [0.05, 0.1) is 31.2 Å². The highest BCUT2D eigenvalue weighted by atomic mass is 19.1. The number of carbonyl (C=O) groups is 1. The third-order valence-corrected chi connectivity index (χ3v) is 7.63. The molecule has 0 saturated carbocycles. The van der Waals surface area contributed by atoms with Crippen molar-refractivity contribution in [2.75, 3.05) is 19.8 Å². The molecule has 1 atom stereocenters. The number of benzene rings is 5.